The van der Waals surface area contributed by atoms with E-state index in [2.05, 4.69) is 20.9 Å². The van der Waals surface area contributed by atoms with Crippen LogP contribution in [0, 0.1) is 0 Å². The lowest BCUT2D eigenvalue weighted by Gasteiger charge is -2.06. The van der Waals surface area contributed by atoms with Crippen molar-refractivity contribution in [2.45, 2.75) is 6.10 Å². The zero-order valence-corrected chi connectivity index (χ0v) is 8.81. The number of halogens is 1. The molecule has 0 aliphatic carbocycles. The van der Waals surface area contributed by atoms with Gasteiger partial charge in [0.25, 0.3) is 0 Å². The molecule has 0 aromatic carbocycles. The molecule has 0 bridgehead atoms. The fraction of sp³-hybridized carbons (Fsp3) is 0.100. The average Bonchev–Trinajstić information content (AvgIpc) is 2.65. The third-order valence-electron chi connectivity index (χ3n) is 1.86. The Hall–Kier alpha value is -1.13. The largest absolute Gasteiger partial charge is 0.451 e. The van der Waals surface area contributed by atoms with Gasteiger partial charge >= 0.3 is 0 Å². The third kappa shape index (κ3) is 1.86. The topological polar surface area (TPSA) is 46.3 Å². The number of hydrogen-bond donors (Lipinski definition) is 1. The Morgan fingerprint density at radius 3 is 2.79 bits per heavy atom. The van der Waals surface area contributed by atoms with E-state index in [4.69, 9.17) is 4.42 Å². The summed E-state index contributed by atoms with van der Waals surface area (Å²) in [4.78, 5) is 3.92. The number of furan rings is 1. The number of aromatic nitrogens is 1. The van der Waals surface area contributed by atoms with E-state index in [1.165, 1.54) is 0 Å². The van der Waals surface area contributed by atoms with Crippen LogP contribution in [0.3, 0.4) is 0 Å². The molecule has 2 heterocycles. The molecule has 0 radical (unpaired) electrons. The normalized spacial score (nSPS) is 12.7. The van der Waals surface area contributed by atoms with Gasteiger partial charge in [-0.1, -0.05) is 6.07 Å². The summed E-state index contributed by atoms with van der Waals surface area (Å²) in [5, 5.41) is 9.85. The molecule has 0 aliphatic rings. The molecule has 2 aromatic heterocycles. The molecule has 0 saturated carbocycles. The van der Waals surface area contributed by atoms with Gasteiger partial charge in [-0.3, -0.25) is 4.98 Å². The van der Waals surface area contributed by atoms with Gasteiger partial charge in [-0.2, -0.15) is 0 Å². The molecule has 0 spiro atoms. The van der Waals surface area contributed by atoms with Crippen molar-refractivity contribution in [3.8, 4) is 0 Å². The second-order valence-electron chi connectivity index (χ2n) is 2.83. The number of aliphatic hydroxyl groups excluding tert-OH is 1. The lowest BCUT2D eigenvalue weighted by Crippen LogP contribution is -1.97. The molecule has 0 amide bonds. The molecule has 14 heavy (non-hydrogen) atoms. The van der Waals surface area contributed by atoms with Crippen LogP contribution < -0.4 is 0 Å². The van der Waals surface area contributed by atoms with Crippen molar-refractivity contribution in [3.63, 3.8) is 0 Å². The number of nitrogens with zero attached hydrogens (tertiary/aromatic N) is 1. The van der Waals surface area contributed by atoms with Gasteiger partial charge in [0.1, 0.15) is 11.9 Å². The second-order valence-corrected chi connectivity index (χ2v) is 3.61. The van der Waals surface area contributed by atoms with Gasteiger partial charge in [0.05, 0.1) is 0 Å². The van der Waals surface area contributed by atoms with Crippen molar-refractivity contribution in [2.24, 2.45) is 0 Å². The molecule has 2 rings (SSSR count). The molecular formula is C10H8BrNO2. The minimum absolute atomic E-state index is 0.505. The highest BCUT2D eigenvalue weighted by Crippen LogP contribution is 2.24. The Morgan fingerprint density at radius 2 is 2.21 bits per heavy atom. The quantitative estimate of drug-likeness (QED) is 0.895. The predicted molar refractivity (Wildman–Crippen MR) is 54.7 cm³/mol. The fourth-order valence-corrected chi connectivity index (χ4v) is 1.50. The smallest absolute Gasteiger partial charge is 0.169 e. The van der Waals surface area contributed by atoms with Gasteiger partial charge in [-0.25, -0.2) is 0 Å². The first-order valence-corrected chi connectivity index (χ1v) is 4.90. The molecular weight excluding hydrogens is 246 g/mol. The lowest BCUT2D eigenvalue weighted by molar-refractivity contribution is 0.187. The van der Waals surface area contributed by atoms with E-state index in [0.29, 0.717) is 16.0 Å². The first kappa shape index (κ1) is 9.43. The highest BCUT2D eigenvalue weighted by molar-refractivity contribution is 9.10. The summed E-state index contributed by atoms with van der Waals surface area (Å²) in [6.07, 6.45) is 2.52. The van der Waals surface area contributed by atoms with E-state index in [1.807, 2.05) is 0 Å². The molecule has 1 N–H and O–H groups in total. The Bertz CT molecular complexity index is 413. The summed E-state index contributed by atoms with van der Waals surface area (Å²) in [6, 6.07) is 7.04. The summed E-state index contributed by atoms with van der Waals surface area (Å²) in [7, 11) is 0. The average molecular weight is 254 g/mol. The summed E-state index contributed by atoms with van der Waals surface area (Å²) in [6.45, 7) is 0. The zero-order valence-electron chi connectivity index (χ0n) is 7.22. The van der Waals surface area contributed by atoms with E-state index in [-0.39, 0.29) is 0 Å². The Balaban J connectivity index is 2.29. The van der Waals surface area contributed by atoms with Crippen LogP contribution in [0.25, 0.3) is 0 Å². The molecule has 1 unspecified atom stereocenters. The van der Waals surface area contributed by atoms with E-state index in [0.717, 1.165) is 0 Å². The summed E-state index contributed by atoms with van der Waals surface area (Å²) >= 11 is 3.18. The van der Waals surface area contributed by atoms with E-state index in [1.54, 1.807) is 36.7 Å². The van der Waals surface area contributed by atoms with Crippen LogP contribution in [0.1, 0.15) is 17.4 Å². The molecule has 72 valence electrons. The van der Waals surface area contributed by atoms with Crippen LogP contribution in [0.4, 0.5) is 0 Å². The fourth-order valence-electron chi connectivity index (χ4n) is 1.18. The van der Waals surface area contributed by atoms with Crippen molar-refractivity contribution in [1.29, 1.82) is 0 Å². The van der Waals surface area contributed by atoms with Crippen molar-refractivity contribution >= 4 is 15.9 Å². The maximum Gasteiger partial charge on any atom is 0.169 e. The van der Waals surface area contributed by atoms with Gasteiger partial charge in [-0.15, -0.1) is 0 Å². The minimum atomic E-state index is -0.755. The van der Waals surface area contributed by atoms with Crippen LogP contribution in [0.5, 0.6) is 0 Å². The molecule has 1 atom stereocenters. The van der Waals surface area contributed by atoms with Crippen molar-refractivity contribution in [2.75, 3.05) is 0 Å². The number of rotatable bonds is 2. The number of hydrogen-bond acceptors (Lipinski definition) is 3. The molecule has 0 fully saturated rings. The SMILES string of the molecule is OC(c1cccnc1)c1ccc(Br)o1. The van der Waals surface area contributed by atoms with Gasteiger partial charge in [0.2, 0.25) is 0 Å². The first-order chi connectivity index (χ1) is 6.77. The van der Waals surface area contributed by atoms with Crippen LogP contribution >= 0.6 is 15.9 Å². The van der Waals surface area contributed by atoms with Crippen LogP contribution in [0.15, 0.2) is 45.7 Å². The minimum Gasteiger partial charge on any atom is -0.451 e. The third-order valence-corrected chi connectivity index (χ3v) is 2.29. The zero-order chi connectivity index (χ0) is 9.97. The summed E-state index contributed by atoms with van der Waals surface area (Å²) < 4.78 is 5.85. The Morgan fingerprint density at radius 1 is 1.36 bits per heavy atom. The van der Waals surface area contributed by atoms with Gasteiger partial charge in [-0.05, 0) is 34.1 Å². The summed E-state index contributed by atoms with van der Waals surface area (Å²) in [5.74, 6) is 0.505. The second kappa shape index (κ2) is 3.94. The molecule has 3 nitrogen and oxygen atoms in total. The Kier molecular flexibility index (Phi) is 2.65. The molecule has 4 heteroatoms. The molecule has 2 aromatic rings. The van der Waals surface area contributed by atoms with Crippen molar-refractivity contribution in [1.82, 2.24) is 4.98 Å². The maximum absolute atomic E-state index is 9.85. The van der Waals surface area contributed by atoms with Crippen molar-refractivity contribution < 1.29 is 9.52 Å². The highest BCUT2D eigenvalue weighted by atomic mass is 79.9. The van der Waals surface area contributed by atoms with E-state index >= 15 is 0 Å². The van der Waals surface area contributed by atoms with Gasteiger partial charge in [0, 0.05) is 18.0 Å². The number of pyridine rings is 1. The van der Waals surface area contributed by atoms with Crippen molar-refractivity contribution in [3.05, 3.63) is 52.7 Å². The van der Waals surface area contributed by atoms with E-state index in [9.17, 15) is 5.11 Å². The van der Waals surface area contributed by atoms with Gasteiger partial charge in [0.15, 0.2) is 4.67 Å². The van der Waals surface area contributed by atoms with Crippen LogP contribution in [-0.4, -0.2) is 10.1 Å². The van der Waals surface area contributed by atoms with Crippen LogP contribution in [0.2, 0.25) is 0 Å². The van der Waals surface area contributed by atoms with Crippen LogP contribution in [-0.2, 0) is 0 Å². The summed E-state index contributed by atoms with van der Waals surface area (Å²) in [5.41, 5.74) is 0.717. The Labute approximate surface area is 89.5 Å². The predicted octanol–water partition coefficient (Wildman–Crippen LogP) is 2.52. The highest BCUT2D eigenvalue weighted by Gasteiger charge is 2.13. The molecule has 0 aliphatic heterocycles. The first-order valence-electron chi connectivity index (χ1n) is 4.10. The number of aliphatic hydroxyl groups is 1. The molecule has 0 saturated heterocycles. The monoisotopic (exact) mass is 253 g/mol. The maximum atomic E-state index is 9.85. The lowest BCUT2D eigenvalue weighted by atomic mass is 10.1. The van der Waals surface area contributed by atoms with Gasteiger partial charge < -0.3 is 9.52 Å². The van der Waals surface area contributed by atoms with E-state index < -0.39 is 6.10 Å². The standard InChI is InChI=1S/C10H8BrNO2/c11-9-4-3-8(14-9)10(13)7-2-1-5-12-6-7/h1-6,10,13H.